The Kier molecular flexibility index (Phi) is 8.50. The summed E-state index contributed by atoms with van der Waals surface area (Å²) >= 11 is 0. The van der Waals surface area contributed by atoms with Gasteiger partial charge in [0.15, 0.2) is 0 Å². The number of nitrogens with one attached hydrogen (secondary N) is 4. The Morgan fingerprint density at radius 2 is 1.76 bits per heavy atom. The Bertz CT molecular complexity index is 1380. The number of alkyl carbamates (subject to hydrolysis) is 1. The Morgan fingerprint density at radius 1 is 0.947 bits per heavy atom. The number of aliphatic carboxylic acids is 1. The molecule has 0 radical (unpaired) electrons. The van der Waals surface area contributed by atoms with Crippen LogP contribution in [0.2, 0.25) is 0 Å². The van der Waals surface area contributed by atoms with Gasteiger partial charge < -0.3 is 20.5 Å². The minimum Gasteiger partial charge on any atom is -0.478 e. The van der Waals surface area contributed by atoms with Crippen molar-refractivity contribution in [3.05, 3.63) is 90.3 Å². The monoisotopic (exact) mass is 516 g/mol. The number of aromatic nitrogens is 3. The van der Waals surface area contributed by atoms with E-state index < -0.39 is 23.6 Å². The van der Waals surface area contributed by atoms with Crippen LogP contribution in [0.25, 0.3) is 10.9 Å². The van der Waals surface area contributed by atoms with Crippen LogP contribution in [-0.4, -0.2) is 50.5 Å². The molecule has 1 unspecified atom stereocenters. The van der Waals surface area contributed by atoms with E-state index in [-0.39, 0.29) is 18.6 Å². The van der Waals surface area contributed by atoms with Gasteiger partial charge >= 0.3 is 12.1 Å². The SMILES string of the molecule is O=C(NC(CCCCNc1ccccn1)(NC(=O)c1cccc2cn[nH]c12)C(=O)O)OCc1ccccc1. The highest BCUT2D eigenvalue weighted by Crippen LogP contribution is 2.19. The maximum absolute atomic E-state index is 13.3. The number of ether oxygens (including phenoxy) is 1. The molecule has 1 atom stereocenters. The Balaban J connectivity index is 1.48. The van der Waals surface area contributed by atoms with Crippen molar-refractivity contribution in [2.45, 2.75) is 31.5 Å². The van der Waals surface area contributed by atoms with Crippen LogP contribution in [0.3, 0.4) is 0 Å². The number of nitrogens with zero attached hydrogens (tertiary/aromatic N) is 2. The summed E-state index contributed by atoms with van der Waals surface area (Å²) in [5.41, 5.74) is -0.727. The molecule has 38 heavy (non-hydrogen) atoms. The molecular weight excluding hydrogens is 488 g/mol. The summed E-state index contributed by atoms with van der Waals surface area (Å²) < 4.78 is 5.26. The summed E-state index contributed by atoms with van der Waals surface area (Å²) in [6.07, 6.45) is 3.08. The van der Waals surface area contributed by atoms with Gasteiger partial charge in [0.1, 0.15) is 12.4 Å². The number of rotatable bonds is 12. The van der Waals surface area contributed by atoms with E-state index in [0.29, 0.717) is 36.1 Å². The predicted octanol–water partition coefficient (Wildman–Crippen LogP) is 3.68. The first-order valence-electron chi connectivity index (χ1n) is 12.1. The fraction of sp³-hybridized carbons (Fsp3) is 0.222. The molecule has 0 aliphatic heterocycles. The van der Waals surface area contributed by atoms with Gasteiger partial charge in [-0.2, -0.15) is 5.10 Å². The fourth-order valence-electron chi connectivity index (χ4n) is 3.92. The lowest BCUT2D eigenvalue weighted by atomic mass is 10.0. The summed E-state index contributed by atoms with van der Waals surface area (Å²) in [6.45, 7) is 0.463. The lowest BCUT2D eigenvalue weighted by Crippen LogP contribution is -2.65. The van der Waals surface area contributed by atoms with E-state index in [9.17, 15) is 19.5 Å². The van der Waals surface area contributed by atoms with Crippen molar-refractivity contribution in [1.29, 1.82) is 0 Å². The molecule has 2 heterocycles. The Morgan fingerprint density at radius 3 is 2.53 bits per heavy atom. The molecule has 0 aliphatic carbocycles. The molecule has 2 aromatic heterocycles. The molecule has 4 aromatic rings. The van der Waals surface area contributed by atoms with Crippen LogP contribution in [0.4, 0.5) is 10.6 Å². The van der Waals surface area contributed by atoms with E-state index in [1.54, 1.807) is 60.9 Å². The standard InChI is InChI=1S/C27H28N6O5/c34-24(21-12-8-11-20-17-30-33-23(20)21)31-27(25(35)36,14-5-7-16-29-22-13-4-6-15-28-22)32-26(37)38-18-19-9-2-1-3-10-19/h1-4,6,8-13,15,17H,5,7,14,16,18H2,(H,28,29)(H,30,33)(H,31,34)(H,32,37)(H,35,36). The summed E-state index contributed by atoms with van der Waals surface area (Å²) in [6, 6.07) is 19.5. The van der Waals surface area contributed by atoms with Gasteiger partial charge in [0, 0.05) is 24.5 Å². The van der Waals surface area contributed by atoms with Crippen molar-refractivity contribution in [2.24, 2.45) is 0 Å². The molecule has 5 N–H and O–H groups in total. The highest BCUT2D eigenvalue weighted by Gasteiger charge is 2.42. The summed E-state index contributed by atoms with van der Waals surface area (Å²) in [4.78, 5) is 42.7. The number of hydrogen-bond donors (Lipinski definition) is 5. The van der Waals surface area contributed by atoms with Crippen LogP contribution in [0.15, 0.2) is 79.1 Å². The van der Waals surface area contributed by atoms with Crippen molar-refractivity contribution in [3.63, 3.8) is 0 Å². The van der Waals surface area contributed by atoms with E-state index in [1.807, 2.05) is 18.2 Å². The van der Waals surface area contributed by atoms with Gasteiger partial charge in [0.05, 0.1) is 17.3 Å². The Labute approximate surface area is 218 Å². The molecular formula is C27H28N6O5. The highest BCUT2D eigenvalue weighted by atomic mass is 16.5. The smallest absolute Gasteiger partial charge is 0.409 e. The van der Waals surface area contributed by atoms with Crippen molar-refractivity contribution < 1.29 is 24.2 Å². The number of carboxylic acids is 1. The summed E-state index contributed by atoms with van der Waals surface area (Å²) in [7, 11) is 0. The average Bonchev–Trinajstić information content (AvgIpc) is 3.42. The summed E-state index contributed by atoms with van der Waals surface area (Å²) in [5.74, 6) is -1.41. The lowest BCUT2D eigenvalue weighted by Gasteiger charge is -2.31. The maximum Gasteiger partial charge on any atom is 0.409 e. The number of para-hydroxylation sites is 1. The van der Waals surface area contributed by atoms with Crippen LogP contribution in [-0.2, 0) is 16.1 Å². The van der Waals surface area contributed by atoms with E-state index in [2.05, 4.69) is 31.1 Å². The number of unbranched alkanes of at least 4 members (excludes halogenated alkanes) is 1. The number of carboxylic acid groups (broad SMARTS) is 1. The minimum atomic E-state index is -2.11. The number of fused-ring (bicyclic) bond motifs is 1. The zero-order valence-corrected chi connectivity index (χ0v) is 20.5. The first kappa shape index (κ1) is 26.1. The molecule has 0 saturated carbocycles. The third-order valence-corrected chi connectivity index (χ3v) is 5.89. The maximum atomic E-state index is 13.3. The van der Waals surface area contributed by atoms with Gasteiger partial charge in [-0.05, 0) is 36.6 Å². The predicted molar refractivity (Wildman–Crippen MR) is 140 cm³/mol. The number of pyridine rings is 1. The molecule has 0 aliphatic rings. The molecule has 0 bridgehead atoms. The number of carbonyl (C=O) groups is 3. The van der Waals surface area contributed by atoms with Crippen molar-refractivity contribution >= 4 is 34.7 Å². The molecule has 11 nitrogen and oxygen atoms in total. The molecule has 0 spiro atoms. The zero-order chi connectivity index (χ0) is 26.8. The first-order chi connectivity index (χ1) is 18.5. The molecule has 0 fully saturated rings. The van der Waals surface area contributed by atoms with E-state index in [0.717, 1.165) is 5.56 Å². The van der Waals surface area contributed by atoms with Gasteiger partial charge in [0.25, 0.3) is 5.91 Å². The van der Waals surface area contributed by atoms with Crippen LogP contribution in [0.5, 0.6) is 0 Å². The number of aromatic amines is 1. The molecule has 11 heteroatoms. The number of anilines is 1. The fourth-order valence-corrected chi connectivity index (χ4v) is 3.92. The van der Waals surface area contributed by atoms with Crippen LogP contribution in [0.1, 0.15) is 35.2 Å². The Hall–Kier alpha value is -4.93. The summed E-state index contributed by atoms with van der Waals surface area (Å²) in [5, 5.41) is 25.7. The van der Waals surface area contributed by atoms with Gasteiger partial charge in [-0.15, -0.1) is 0 Å². The second-order valence-corrected chi connectivity index (χ2v) is 8.59. The number of H-pyrrole nitrogens is 1. The molecule has 196 valence electrons. The van der Waals surface area contributed by atoms with E-state index in [1.165, 1.54) is 0 Å². The molecule has 2 aromatic carbocycles. The first-order valence-corrected chi connectivity index (χ1v) is 12.1. The van der Waals surface area contributed by atoms with E-state index >= 15 is 0 Å². The van der Waals surface area contributed by atoms with E-state index in [4.69, 9.17) is 4.74 Å². The number of carbonyl (C=O) groups excluding carboxylic acids is 2. The van der Waals surface area contributed by atoms with Gasteiger partial charge in [0.2, 0.25) is 5.66 Å². The van der Waals surface area contributed by atoms with Gasteiger partial charge in [-0.3, -0.25) is 15.2 Å². The second kappa shape index (κ2) is 12.3. The van der Waals surface area contributed by atoms with Gasteiger partial charge in [-0.25, -0.2) is 14.6 Å². The third-order valence-electron chi connectivity index (χ3n) is 5.89. The number of hydrogen-bond acceptors (Lipinski definition) is 7. The van der Waals surface area contributed by atoms with Crippen LogP contribution < -0.4 is 16.0 Å². The largest absolute Gasteiger partial charge is 0.478 e. The topological polar surface area (TPSA) is 158 Å². The molecule has 0 saturated heterocycles. The normalized spacial score (nSPS) is 12.3. The average molecular weight is 517 g/mol. The van der Waals surface area contributed by atoms with Crippen molar-refractivity contribution in [2.75, 3.05) is 11.9 Å². The van der Waals surface area contributed by atoms with Crippen molar-refractivity contribution in [3.8, 4) is 0 Å². The minimum absolute atomic E-state index is 0.0578. The lowest BCUT2D eigenvalue weighted by molar-refractivity contribution is -0.146. The van der Waals surface area contributed by atoms with Crippen LogP contribution >= 0.6 is 0 Å². The molecule has 2 amide bonds. The second-order valence-electron chi connectivity index (χ2n) is 8.59. The third kappa shape index (κ3) is 6.64. The number of amides is 2. The van der Waals surface area contributed by atoms with Crippen LogP contribution in [0, 0.1) is 0 Å². The number of benzene rings is 2. The highest BCUT2D eigenvalue weighted by molar-refractivity contribution is 6.07. The van der Waals surface area contributed by atoms with Crippen molar-refractivity contribution in [1.82, 2.24) is 25.8 Å². The molecule has 4 rings (SSSR count). The zero-order valence-electron chi connectivity index (χ0n) is 20.5. The quantitative estimate of drug-likeness (QED) is 0.141. The van der Waals surface area contributed by atoms with Gasteiger partial charge in [-0.1, -0.05) is 48.5 Å².